The van der Waals surface area contributed by atoms with Crippen LogP contribution in [0.15, 0.2) is 18.2 Å². The van der Waals surface area contributed by atoms with Gasteiger partial charge < -0.3 is 4.90 Å². The lowest BCUT2D eigenvalue weighted by atomic mass is 9.84. The Kier molecular flexibility index (Phi) is 3.29. The zero-order valence-corrected chi connectivity index (χ0v) is 11.5. The molecule has 1 aromatic rings. The molecule has 0 aromatic heterocycles. The van der Waals surface area contributed by atoms with Crippen LogP contribution in [-0.4, -0.2) is 16.8 Å². The Balaban J connectivity index is 1.79. The van der Waals surface area contributed by atoms with Gasteiger partial charge >= 0.3 is 0 Å². The molecule has 1 saturated carbocycles. The number of amidine groups is 1. The third-order valence-corrected chi connectivity index (χ3v) is 4.78. The van der Waals surface area contributed by atoms with Gasteiger partial charge in [-0.1, -0.05) is 25.3 Å². The van der Waals surface area contributed by atoms with E-state index in [4.69, 9.17) is 5.41 Å². The van der Waals surface area contributed by atoms with E-state index in [1.165, 1.54) is 44.2 Å². The van der Waals surface area contributed by atoms with Crippen LogP contribution < -0.4 is 0 Å². The Morgan fingerprint density at radius 1 is 1.26 bits per heavy atom. The maximum atomic E-state index is 13.3. The minimum absolute atomic E-state index is 0.240. The molecule has 3 rings (SSSR count). The minimum atomic E-state index is -0.240. The molecule has 1 aliphatic carbocycles. The molecule has 1 N–H and O–H groups in total. The lowest BCUT2D eigenvalue weighted by Crippen LogP contribution is -2.39. The Bertz CT molecular complexity index is 492. The minimum Gasteiger partial charge on any atom is -0.349 e. The summed E-state index contributed by atoms with van der Waals surface area (Å²) in [4.78, 5) is 2.15. The maximum Gasteiger partial charge on any atom is 0.129 e. The quantitative estimate of drug-likeness (QED) is 0.857. The number of hydrogen-bond acceptors (Lipinski definition) is 1. The van der Waals surface area contributed by atoms with Crippen LogP contribution in [0.5, 0.6) is 0 Å². The van der Waals surface area contributed by atoms with Gasteiger partial charge in [0.25, 0.3) is 0 Å². The van der Waals surface area contributed by atoms with E-state index in [0.717, 1.165) is 17.7 Å². The van der Waals surface area contributed by atoms with Gasteiger partial charge in [-0.3, -0.25) is 5.41 Å². The number of hydrogen-bond donors (Lipinski definition) is 1. The number of nitrogens with zero attached hydrogens (tertiary/aromatic N) is 1. The Labute approximate surface area is 114 Å². The van der Waals surface area contributed by atoms with Crippen molar-refractivity contribution in [3.8, 4) is 0 Å². The monoisotopic (exact) mass is 260 g/mol. The average molecular weight is 260 g/mol. The zero-order chi connectivity index (χ0) is 13.4. The summed E-state index contributed by atoms with van der Waals surface area (Å²) < 4.78 is 13.3. The summed E-state index contributed by atoms with van der Waals surface area (Å²) >= 11 is 0. The van der Waals surface area contributed by atoms with E-state index in [1.807, 2.05) is 6.07 Å². The first kappa shape index (κ1) is 12.6. The Morgan fingerprint density at radius 3 is 2.74 bits per heavy atom. The number of fused-ring (bicyclic) bond motifs is 1. The molecule has 0 saturated heterocycles. The van der Waals surface area contributed by atoms with Gasteiger partial charge in [0.1, 0.15) is 11.7 Å². The molecule has 1 fully saturated rings. The highest BCUT2D eigenvalue weighted by atomic mass is 19.1. The molecule has 1 aliphatic heterocycles. The van der Waals surface area contributed by atoms with Crippen molar-refractivity contribution in [3.63, 3.8) is 0 Å². The van der Waals surface area contributed by atoms with Crippen molar-refractivity contribution in [1.29, 1.82) is 5.41 Å². The highest BCUT2D eigenvalue weighted by molar-refractivity contribution is 6.00. The molecule has 102 valence electrons. The molecule has 0 bridgehead atoms. The predicted molar refractivity (Wildman–Crippen MR) is 74.8 cm³/mol. The lowest BCUT2D eigenvalue weighted by molar-refractivity contribution is 0.197. The van der Waals surface area contributed by atoms with Crippen molar-refractivity contribution in [2.45, 2.75) is 51.6 Å². The van der Waals surface area contributed by atoms with Crippen molar-refractivity contribution < 1.29 is 4.39 Å². The highest BCUT2D eigenvalue weighted by Gasteiger charge is 2.32. The van der Waals surface area contributed by atoms with Crippen LogP contribution in [-0.2, 0) is 6.54 Å². The molecule has 0 spiro atoms. The van der Waals surface area contributed by atoms with E-state index in [9.17, 15) is 4.39 Å². The van der Waals surface area contributed by atoms with Crippen LogP contribution in [0.2, 0.25) is 0 Å². The van der Waals surface area contributed by atoms with Gasteiger partial charge in [0.15, 0.2) is 0 Å². The summed E-state index contributed by atoms with van der Waals surface area (Å²) in [6.07, 6.45) is 6.53. The summed E-state index contributed by atoms with van der Waals surface area (Å²) in [6, 6.07) is 5.22. The normalized spacial score (nSPS) is 21.6. The van der Waals surface area contributed by atoms with Gasteiger partial charge in [-0.25, -0.2) is 4.39 Å². The smallest absolute Gasteiger partial charge is 0.129 e. The molecule has 3 heteroatoms. The zero-order valence-electron chi connectivity index (χ0n) is 11.5. The molecule has 0 amide bonds. The molecular formula is C16H21FN2. The third-order valence-electron chi connectivity index (χ3n) is 4.78. The first-order valence-corrected chi connectivity index (χ1v) is 7.31. The van der Waals surface area contributed by atoms with Gasteiger partial charge in [-0.05, 0) is 43.4 Å². The van der Waals surface area contributed by atoms with E-state index in [1.54, 1.807) is 0 Å². The molecule has 1 aromatic carbocycles. The summed E-state index contributed by atoms with van der Waals surface area (Å²) in [7, 11) is 0. The number of benzene rings is 1. The first-order valence-electron chi connectivity index (χ1n) is 7.31. The van der Waals surface area contributed by atoms with E-state index >= 15 is 0 Å². The van der Waals surface area contributed by atoms with Gasteiger partial charge in [0.2, 0.25) is 0 Å². The van der Waals surface area contributed by atoms with E-state index < -0.39 is 0 Å². The molecule has 2 aliphatic rings. The summed E-state index contributed by atoms with van der Waals surface area (Å²) in [6.45, 7) is 3.00. The van der Waals surface area contributed by atoms with E-state index in [2.05, 4.69) is 11.8 Å². The van der Waals surface area contributed by atoms with Gasteiger partial charge in [-0.2, -0.15) is 0 Å². The second kappa shape index (κ2) is 4.95. The van der Waals surface area contributed by atoms with Crippen molar-refractivity contribution in [3.05, 3.63) is 35.1 Å². The fraction of sp³-hybridized carbons (Fsp3) is 0.562. The molecule has 1 unspecified atom stereocenters. The van der Waals surface area contributed by atoms with Gasteiger partial charge in [0.05, 0.1) is 0 Å². The fourth-order valence-corrected chi connectivity index (χ4v) is 3.54. The molecule has 2 nitrogen and oxygen atoms in total. The second-order valence-corrected chi connectivity index (χ2v) is 5.92. The molecular weight excluding hydrogens is 239 g/mol. The van der Waals surface area contributed by atoms with Gasteiger partial charge in [0, 0.05) is 18.2 Å². The summed E-state index contributed by atoms with van der Waals surface area (Å²) in [5.41, 5.74) is 1.87. The third kappa shape index (κ3) is 2.26. The Hall–Kier alpha value is -1.38. The summed E-state index contributed by atoms with van der Waals surface area (Å²) in [5, 5.41) is 8.29. The van der Waals surface area contributed by atoms with E-state index in [0.29, 0.717) is 17.8 Å². The molecule has 1 atom stereocenters. The van der Waals surface area contributed by atoms with Crippen LogP contribution in [0.25, 0.3) is 0 Å². The van der Waals surface area contributed by atoms with Gasteiger partial charge in [-0.15, -0.1) is 0 Å². The number of nitrogens with one attached hydrogen (secondary N) is 1. The highest BCUT2D eigenvalue weighted by Crippen LogP contribution is 2.33. The summed E-state index contributed by atoms with van der Waals surface area (Å²) in [5.74, 6) is 0.955. The van der Waals surface area contributed by atoms with E-state index in [-0.39, 0.29) is 5.82 Å². The SMILES string of the molecule is CC(C1CCCCC1)N1Cc2ccc(F)cc2C1=N. The Morgan fingerprint density at radius 2 is 2.00 bits per heavy atom. The van der Waals surface area contributed by atoms with Crippen LogP contribution in [0, 0.1) is 17.1 Å². The maximum absolute atomic E-state index is 13.3. The van der Waals surface area contributed by atoms with Crippen molar-refractivity contribution >= 4 is 5.84 Å². The molecule has 0 radical (unpaired) electrons. The lowest BCUT2D eigenvalue weighted by Gasteiger charge is -2.35. The van der Waals surface area contributed by atoms with Crippen LogP contribution >= 0.6 is 0 Å². The first-order chi connectivity index (χ1) is 9.16. The van der Waals surface area contributed by atoms with Crippen molar-refractivity contribution in [2.24, 2.45) is 5.92 Å². The largest absolute Gasteiger partial charge is 0.349 e. The number of rotatable bonds is 2. The van der Waals surface area contributed by atoms with Crippen molar-refractivity contribution in [2.75, 3.05) is 0 Å². The van der Waals surface area contributed by atoms with Crippen LogP contribution in [0.1, 0.15) is 50.2 Å². The number of halogens is 1. The fourth-order valence-electron chi connectivity index (χ4n) is 3.54. The molecule has 19 heavy (non-hydrogen) atoms. The van der Waals surface area contributed by atoms with Crippen LogP contribution in [0.3, 0.4) is 0 Å². The topological polar surface area (TPSA) is 27.1 Å². The average Bonchev–Trinajstić information content (AvgIpc) is 2.76. The van der Waals surface area contributed by atoms with Crippen LogP contribution in [0.4, 0.5) is 4.39 Å². The standard InChI is InChI=1S/C16H21FN2/c1-11(12-5-3-2-4-6-12)19-10-13-7-8-14(17)9-15(13)16(19)18/h7-9,11-12,18H,2-6,10H2,1H3. The second-order valence-electron chi connectivity index (χ2n) is 5.92. The predicted octanol–water partition coefficient (Wildman–Crippen LogP) is 3.94. The molecule has 1 heterocycles. The van der Waals surface area contributed by atoms with Crippen molar-refractivity contribution in [1.82, 2.24) is 4.90 Å².